The Morgan fingerprint density at radius 1 is 1.19 bits per heavy atom. The number of hydrogen-bond acceptors (Lipinski definition) is 9. The molecule has 2 aliphatic heterocycles. The Morgan fingerprint density at radius 3 is 2.49 bits per heavy atom. The van der Waals surface area contributed by atoms with Gasteiger partial charge in [0.25, 0.3) is 11.6 Å². The van der Waals surface area contributed by atoms with E-state index in [0.717, 1.165) is 7.11 Å². The number of methoxy groups -OCH3 is 1. The van der Waals surface area contributed by atoms with Crippen molar-refractivity contribution < 1.29 is 45.4 Å². The third-order valence-electron chi connectivity index (χ3n) is 5.65. The Balaban J connectivity index is 1.61. The lowest BCUT2D eigenvalue weighted by Crippen LogP contribution is -2.85. The van der Waals surface area contributed by atoms with Crippen molar-refractivity contribution in [2.45, 2.75) is 35.8 Å². The van der Waals surface area contributed by atoms with E-state index in [1.807, 2.05) is 0 Å². The lowest BCUT2D eigenvalue weighted by Gasteiger charge is -2.59. The molecule has 0 bridgehead atoms. The van der Waals surface area contributed by atoms with Gasteiger partial charge in [0.1, 0.15) is 12.0 Å². The number of halogens is 3. The number of alkyl halides is 3. The van der Waals surface area contributed by atoms with Gasteiger partial charge in [-0.1, -0.05) is 36.4 Å². The van der Waals surface area contributed by atoms with Gasteiger partial charge in [-0.2, -0.15) is 17.5 Å². The summed E-state index contributed by atoms with van der Waals surface area (Å²) in [6.07, 6.45) is -2.35. The second kappa shape index (κ2) is 10.2. The molecule has 0 spiro atoms. The van der Waals surface area contributed by atoms with E-state index in [9.17, 15) is 36.0 Å². The molecule has 2 amide bonds. The van der Waals surface area contributed by atoms with Gasteiger partial charge < -0.3 is 14.8 Å². The Kier molecular flexibility index (Phi) is 7.58. The SMILES string of the molecule is COC1(NC(=O)Cc2cccs2)C(=O)N2C(C(=O)OCc3ccccc3)N(S(=O)(=O)C(F)(F)F)CSC21. The number of ether oxygens (including phenoxy) is 2. The van der Waals surface area contributed by atoms with E-state index in [-0.39, 0.29) is 17.3 Å². The number of amides is 2. The maximum Gasteiger partial charge on any atom is 0.511 e. The van der Waals surface area contributed by atoms with Crippen molar-refractivity contribution in [1.29, 1.82) is 0 Å². The molecule has 4 rings (SSSR count). The molecule has 2 saturated heterocycles. The molecule has 0 radical (unpaired) electrons. The van der Waals surface area contributed by atoms with E-state index in [0.29, 0.717) is 27.1 Å². The summed E-state index contributed by atoms with van der Waals surface area (Å²) in [4.78, 5) is 40.2. The van der Waals surface area contributed by atoms with Crippen LogP contribution in [0.15, 0.2) is 47.8 Å². The van der Waals surface area contributed by atoms with Gasteiger partial charge in [-0.15, -0.1) is 23.1 Å². The minimum Gasteiger partial charge on any atom is -0.458 e. The van der Waals surface area contributed by atoms with Crippen LogP contribution in [0.4, 0.5) is 13.2 Å². The number of benzene rings is 1. The first-order valence-electron chi connectivity index (χ1n) is 10.5. The van der Waals surface area contributed by atoms with Gasteiger partial charge >= 0.3 is 21.5 Å². The van der Waals surface area contributed by atoms with Crippen LogP contribution < -0.4 is 5.32 Å². The van der Waals surface area contributed by atoms with Crippen LogP contribution in [0.1, 0.15) is 10.4 Å². The number of nitrogens with one attached hydrogen (secondary N) is 1. The first-order chi connectivity index (χ1) is 17.4. The average Bonchev–Trinajstić information content (AvgIpc) is 3.37. The number of thioether (sulfide) groups is 1. The average molecular weight is 580 g/mol. The van der Waals surface area contributed by atoms with Crippen molar-refractivity contribution in [3.63, 3.8) is 0 Å². The molecule has 10 nitrogen and oxygen atoms in total. The number of thiophene rings is 1. The van der Waals surface area contributed by atoms with E-state index in [4.69, 9.17) is 9.47 Å². The predicted molar refractivity (Wildman–Crippen MR) is 126 cm³/mol. The van der Waals surface area contributed by atoms with E-state index in [2.05, 4.69) is 5.32 Å². The third-order valence-corrected chi connectivity index (χ3v) is 9.52. The molecule has 37 heavy (non-hydrogen) atoms. The fourth-order valence-electron chi connectivity index (χ4n) is 3.87. The molecule has 200 valence electrons. The number of nitrogens with zero attached hydrogens (tertiary/aromatic N) is 2. The predicted octanol–water partition coefficient (Wildman–Crippen LogP) is 1.84. The molecule has 3 atom stereocenters. The van der Waals surface area contributed by atoms with Crippen molar-refractivity contribution in [2.75, 3.05) is 13.0 Å². The van der Waals surface area contributed by atoms with Crippen molar-refractivity contribution >= 4 is 50.9 Å². The van der Waals surface area contributed by atoms with Crippen LogP contribution in [0, 0.1) is 0 Å². The Bertz CT molecular complexity index is 1280. The number of fused-ring (bicyclic) bond motifs is 1. The molecule has 2 aromatic rings. The molecule has 0 aliphatic carbocycles. The van der Waals surface area contributed by atoms with Gasteiger partial charge in [0.05, 0.1) is 12.3 Å². The number of sulfonamides is 1. The van der Waals surface area contributed by atoms with Crippen LogP contribution in [-0.2, 0) is 46.9 Å². The number of carbonyl (C=O) groups excluding carboxylic acids is 3. The summed E-state index contributed by atoms with van der Waals surface area (Å²) in [7, 11) is -4.92. The van der Waals surface area contributed by atoms with E-state index >= 15 is 0 Å². The Morgan fingerprint density at radius 2 is 1.89 bits per heavy atom. The number of esters is 1. The van der Waals surface area contributed by atoms with Crippen molar-refractivity contribution in [3.05, 3.63) is 58.3 Å². The second-order valence-electron chi connectivity index (χ2n) is 7.91. The molecule has 2 aliphatic rings. The summed E-state index contributed by atoms with van der Waals surface area (Å²) in [5, 5.41) is 3.01. The maximum absolute atomic E-state index is 13.4. The molecular formula is C21H20F3N3O7S3. The summed E-state index contributed by atoms with van der Waals surface area (Å²) in [6.45, 7) is -0.372. The van der Waals surface area contributed by atoms with Crippen LogP contribution in [0.2, 0.25) is 0 Å². The zero-order valence-electron chi connectivity index (χ0n) is 19.0. The van der Waals surface area contributed by atoms with Gasteiger partial charge in [0.15, 0.2) is 6.17 Å². The largest absolute Gasteiger partial charge is 0.511 e. The van der Waals surface area contributed by atoms with Crippen LogP contribution in [0.25, 0.3) is 0 Å². The molecule has 3 heterocycles. The van der Waals surface area contributed by atoms with E-state index in [1.54, 1.807) is 47.8 Å². The molecule has 2 fully saturated rings. The van der Waals surface area contributed by atoms with E-state index in [1.165, 1.54) is 11.3 Å². The summed E-state index contributed by atoms with van der Waals surface area (Å²) in [6, 6.07) is 11.6. The number of β-lactam (4-membered cyclic amide) rings is 1. The highest BCUT2D eigenvalue weighted by molar-refractivity contribution is 8.01. The lowest BCUT2D eigenvalue weighted by molar-refractivity contribution is -0.211. The fourth-order valence-corrected chi connectivity index (χ4v) is 7.32. The van der Waals surface area contributed by atoms with Gasteiger partial charge in [0.2, 0.25) is 5.91 Å². The van der Waals surface area contributed by atoms with Crippen LogP contribution in [-0.4, -0.2) is 71.2 Å². The molecule has 1 aromatic carbocycles. The third kappa shape index (κ3) is 4.95. The quantitative estimate of drug-likeness (QED) is 0.286. The topological polar surface area (TPSA) is 122 Å². The normalized spacial score (nSPS) is 24.2. The molecule has 16 heteroatoms. The summed E-state index contributed by atoms with van der Waals surface area (Å²) in [5.74, 6) is -3.93. The minimum absolute atomic E-state index is 0.0927. The van der Waals surface area contributed by atoms with E-state index < -0.39 is 56.5 Å². The smallest absolute Gasteiger partial charge is 0.458 e. The zero-order chi connectivity index (χ0) is 27.0. The first kappa shape index (κ1) is 27.4. The minimum atomic E-state index is -6.03. The Labute approximate surface area is 217 Å². The molecule has 1 N–H and O–H groups in total. The van der Waals surface area contributed by atoms with Crippen LogP contribution >= 0.6 is 23.1 Å². The fraction of sp³-hybridized carbons (Fsp3) is 0.381. The summed E-state index contributed by atoms with van der Waals surface area (Å²) >= 11 is 1.90. The zero-order valence-corrected chi connectivity index (χ0v) is 21.5. The van der Waals surface area contributed by atoms with Gasteiger partial charge in [-0.05, 0) is 17.0 Å². The first-order valence-corrected chi connectivity index (χ1v) is 13.9. The van der Waals surface area contributed by atoms with Crippen LogP contribution in [0.5, 0.6) is 0 Å². The highest BCUT2D eigenvalue weighted by Crippen LogP contribution is 2.47. The molecule has 1 aromatic heterocycles. The number of carbonyl (C=O) groups is 3. The highest BCUT2D eigenvalue weighted by atomic mass is 32.2. The van der Waals surface area contributed by atoms with Gasteiger partial charge in [-0.25, -0.2) is 13.2 Å². The van der Waals surface area contributed by atoms with Crippen molar-refractivity contribution in [2.24, 2.45) is 0 Å². The number of hydrogen-bond donors (Lipinski definition) is 1. The highest BCUT2D eigenvalue weighted by Gasteiger charge is 2.71. The van der Waals surface area contributed by atoms with Crippen molar-refractivity contribution in [3.8, 4) is 0 Å². The standard InChI is InChI=1S/C21H20F3N3O7S3/c1-33-20(25-15(28)10-14-8-5-9-35-14)18(30)27-16(17(29)34-11-13-6-3-2-4-7-13)26(12-36-19(20)27)37(31,32)21(22,23)24/h2-9,16,19H,10-12H2,1H3,(H,25,28). The molecule has 3 unspecified atom stereocenters. The molecule has 0 saturated carbocycles. The van der Waals surface area contributed by atoms with Gasteiger partial charge in [0, 0.05) is 12.0 Å². The van der Waals surface area contributed by atoms with Crippen LogP contribution in [0.3, 0.4) is 0 Å². The molecular weight excluding hydrogens is 559 g/mol. The summed E-state index contributed by atoms with van der Waals surface area (Å²) in [5.41, 5.74) is -7.25. The number of rotatable bonds is 8. The lowest BCUT2D eigenvalue weighted by atomic mass is 9.99. The summed E-state index contributed by atoms with van der Waals surface area (Å²) < 4.78 is 75.2. The monoisotopic (exact) mass is 579 g/mol. The van der Waals surface area contributed by atoms with Gasteiger partial charge in [-0.3, -0.25) is 14.5 Å². The van der Waals surface area contributed by atoms with Crippen molar-refractivity contribution in [1.82, 2.24) is 14.5 Å². The maximum atomic E-state index is 13.4. The Hall–Kier alpha value is -2.66. The second-order valence-corrected chi connectivity index (χ2v) is 11.9.